The first-order chi connectivity index (χ1) is 12.9. The SMILES string of the molecule is CC[C@@H](C)NC(=O)CSc1nc2ccsc2c(=O)n1-c1cc(F)cc(F)c1. The van der Waals surface area contributed by atoms with Crippen LogP contribution in [-0.4, -0.2) is 27.3 Å². The molecule has 9 heteroatoms. The summed E-state index contributed by atoms with van der Waals surface area (Å²) in [5, 5.41) is 4.76. The summed E-state index contributed by atoms with van der Waals surface area (Å²) in [6, 6.07) is 4.59. The zero-order valence-corrected chi connectivity index (χ0v) is 16.3. The second kappa shape index (κ2) is 8.18. The first-order valence-corrected chi connectivity index (χ1v) is 10.1. The molecule has 27 heavy (non-hydrogen) atoms. The number of nitrogens with zero attached hydrogens (tertiary/aromatic N) is 2. The maximum absolute atomic E-state index is 13.7. The van der Waals surface area contributed by atoms with E-state index in [9.17, 15) is 18.4 Å². The summed E-state index contributed by atoms with van der Waals surface area (Å²) in [6.07, 6.45) is 0.794. The van der Waals surface area contributed by atoms with E-state index in [0.717, 1.165) is 40.9 Å². The third kappa shape index (κ3) is 4.36. The molecule has 0 aliphatic carbocycles. The first kappa shape index (κ1) is 19.5. The van der Waals surface area contributed by atoms with Gasteiger partial charge in [-0.3, -0.25) is 14.2 Å². The zero-order chi connectivity index (χ0) is 19.6. The summed E-state index contributed by atoms with van der Waals surface area (Å²) in [4.78, 5) is 29.4. The minimum Gasteiger partial charge on any atom is -0.353 e. The van der Waals surface area contributed by atoms with Gasteiger partial charge in [0.15, 0.2) is 5.16 Å². The predicted octanol–water partition coefficient (Wildman–Crippen LogP) is 3.73. The summed E-state index contributed by atoms with van der Waals surface area (Å²) >= 11 is 2.25. The van der Waals surface area contributed by atoms with Gasteiger partial charge in [-0.25, -0.2) is 13.8 Å². The first-order valence-electron chi connectivity index (χ1n) is 8.28. The minimum absolute atomic E-state index is 0.0320. The summed E-state index contributed by atoms with van der Waals surface area (Å²) in [5.74, 6) is -1.77. The molecule has 0 unspecified atom stereocenters. The van der Waals surface area contributed by atoms with Crippen molar-refractivity contribution in [1.29, 1.82) is 0 Å². The van der Waals surface area contributed by atoms with E-state index in [1.165, 1.54) is 11.3 Å². The number of nitrogens with one attached hydrogen (secondary N) is 1. The smallest absolute Gasteiger partial charge is 0.276 e. The lowest BCUT2D eigenvalue weighted by atomic mass is 10.3. The maximum Gasteiger partial charge on any atom is 0.276 e. The number of hydrogen-bond donors (Lipinski definition) is 1. The van der Waals surface area contributed by atoms with Crippen molar-refractivity contribution in [1.82, 2.24) is 14.9 Å². The molecule has 0 aliphatic rings. The fourth-order valence-corrected chi connectivity index (χ4v) is 4.02. The molecule has 3 rings (SSSR count). The van der Waals surface area contributed by atoms with Crippen LogP contribution in [0, 0.1) is 11.6 Å². The average Bonchev–Trinajstić information content (AvgIpc) is 3.07. The number of amides is 1. The molecule has 0 spiro atoms. The molecule has 2 heterocycles. The Labute approximate surface area is 162 Å². The lowest BCUT2D eigenvalue weighted by molar-refractivity contribution is -0.119. The van der Waals surface area contributed by atoms with Crippen molar-refractivity contribution in [3.63, 3.8) is 0 Å². The van der Waals surface area contributed by atoms with Gasteiger partial charge in [-0.05, 0) is 36.9 Å². The topological polar surface area (TPSA) is 64.0 Å². The largest absolute Gasteiger partial charge is 0.353 e. The fourth-order valence-electron chi connectivity index (χ4n) is 2.43. The summed E-state index contributed by atoms with van der Waals surface area (Å²) in [5.41, 5.74) is 0.0953. The van der Waals surface area contributed by atoms with Crippen molar-refractivity contribution in [3.8, 4) is 5.69 Å². The van der Waals surface area contributed by atoms with E-state index in [0.29, 0.717) is 10.2 Å². The molecule has 1 aromatic carbocycles. The van der Waals surface area contributed by atoms with Gasteiger partial charge in [0.05, 0.1) is 17.0 Å². The molecule has 142 valence electrons. The van der Waals surface area contributed by atoms with Crippen molar-refractivity contribution >= 4 is 39.2 Å². The quantitative estimate of drug-likeness (QED) is 0.498. The lowest BCUT2D eigenvalue weighted by Gasteiger charge is -2.14. The molecule has 1 amide bonds. The lowest BCUT2D eigenvalue weighted by Crippen LogP contribution is -2.33. The van der Waals surface area contributed by atoms with Gasteiger partial charge in [-0.2, -0.15) is 0 Å². The van der Waals surface area contributed by atoms with Crippen LogP contribution in [-0.2, 0) is 4.79 Å². The van der Waals surface area contributed by atoms with Crippen molar-refractivity contribution in [2.75, 3.05) is 5.75 Å². The van der Waals surface area contributed by atoms with Gasteiger partial charge in [-0.15, -0.1) is 11.3 Å². The van der Waals surface area contributed by atoms with Crippen LogP contribution in [0.15, 0.2) is 39.6 Å². The van der Waals surface area contributed by atoms with Crippen molar-refractivity contribution < 1.29 is 13.6 Å². The molecule has 2 aromatic heterocycles. The number of carbonyl (C=O) groups is 1. The van der Waals surface area contributed by atoms with Gasteiger partial charge in [0.1, 0.15) is 16.3 Å². The van der Waals surface area contributed by atoms with Crippen LogP contribution < -0.4 is 10.9 Å². The Morgan fingerprint density at radius 1 is 1.33 bits per heavy atom. The maximum atomic E-state index is 13.7. The van der Waals surface area contributed by atoms with Crippen LogP contribution in [0.25, 0.3) is 15.9 Å². The van der Waals surface area contributed by atoms with Gasteiger partial charge < -0.3 is 5.32 Å². The number of rotatable bonds is 6. The van der Waals surface area contributed by atoms with Crippen molar-refractivity contribution in [2.24, 2.45) is 0 Å². The number of benzene rings is 1. The van der Waals surface area contributed by atoms with Gasteiger partial charge in [0.25, 0.3) is 5.56 Å². The Morgan fingerprint density at radius 3 is 2.70 bits per heavy atom. The van der Waals surface area contributed by atoms with Crippen LogP contribution in [0.4, 0.5) is 8.78 Å². The second-order valence-corrected chi connectivity index (χ2v) is 7.82. The van der Waals surface area contributed by atoms with Crippen LogP contribution in [0.1, 0.15) is 20.3 Å². The highest BCUT2D eigenvalue weighted by Crippen LogP contribution is 2.24. The third-order valence-corrected chi connectivity index (χ3v) is 5.74. The molecule has 0 aliphatic heterocycles. The highest BCUT2D eigenvalue weighted by Gasteiger charge is 2.17. The molecule has 5 nitrogen and oxygen atoms in total. The molecule has 3 aromatic rings. The number of halogens is 2. The van der Waals surface area contributed by atoms with Crippen LogP contribution in [0.3, 0.4) is 0 Å². The second-order valence-electron chi connectivity index (χ2n) is 5.96. The van der Waals surface area contributed by atoms with Crippen molar-refractivity contribution in [3.05, 3.63) is 51.6 Å². The molecule has 1 atom stereocenters. The van der Waals surface area contributed by atoms with E-state index in [1.54, 1.807) is 11.4 Å². The van der Waals surface area contributed by atoms with Gasteiger partial charge in [0.2, 0.25) is 5.91 Å². The number of aromatic nitrogens is 2. The molecule has 0 radical (unpaired) electrons. The standard InChI is InChI=1S/C18H17F2N3O2S2/c1-3-10(2)21-15(24)9-27-18-22-14-4-5-26-16(14)17(25)23(18)13-7-11(19)6-12(20)8-13/h4-8,10H,3,9H2,1-2H3,(H,21,24)/t10-/m1/s1. The van der Waals surface area contributed by atoms with Gasteiger partial charge in [-0.1, -0.05) is 18.7 Å². The molecule has 0 saturated heterocycles. The van der Waals surface area contributed by atoms with E-state index in [-0.39, 0.29) is 28.5 Å². The third-order valence-electron chi connectivity index (χ3n) is 3.91. The van der Waals surface area contributed by atoms with Crippen molar-refractivity contribution in [2.45, 2.75) is 31.5 Å². The Kier molecular flexibility index (Phi) is 5.91. The number of thioether (sulfide) groups is 1. The number of carbonyl (C=O) groups excluding carboxylic acids is 1. The van der Waals surface area contributed by atoms with E-state index in [2.05, 4.69) is 10.3 Å². The Hall–Kier alpha value is -2.26. The molecular weight excluding hydrogens is 392 g/mol. The van der Waals surface area contributed by atoms with E-state index in [4.69, 9.17) is 0 Å². The van der Waals surface area contributed by atoms with Crippen LogP contribution >= 0.6 is 23.1 Å². The van der Waals surface area contributed by atoms with Gasteiger partial charge in [0, 0.05) is 12.1 Å². The molecule has 0 bridgehead atoms. The number of thiophene rings is 1. The Bertz CT molecular complexity index is 1030. The normalized spacial score (nSPS) is 12.3. The monoisotopic (exact) mass is 409 g/mol. The van der Waals surface area contributed by atoms with E-state index in [1.807, 2.05) is 13.8 Å². The summed E-state index contributed by atoms with van der Waals surface area (Å²) < 4.78 is 28.9. The van der Waals surface area contributed by atoms with Crippen LogP contribution in [0.5, 0.6) is 0 Å². The highest BCUT2D eigenvalue weighted by molar-refractivity contribution is 7.99. The molecule has 0 saturated carbocycles. The molecule has 1 N–H and O–H groups in total. The van der Waals surface area contributed by atoms with E-state index < -0.39 is 17.2 Å². The highest BCUT2D eigenvalue weighted by atomic mass is 32.2. The molecule has 0 fully saturated rings. The summed E-state index contributed by atoms with van der Waals surface area (Å²) in [6.45, 7) is 3.85. The Balaban J connectivity index is 2.03. The summed E-state index contributed by atoms with van der Waals surface area (Å²) in [7, 11) is 0. The fraction of sp³-hybridized carbons (Fsp3) is 0.278. The zero-order valence-electron chi connectivity index (χ0n) is 14.7. The number of fused-ring (bicyclic) bond motifs is 1. The van der Waals surface area contributed by atoms with Gasteiger partial charge >= 0.3 is 0 Å². The van der Waals surface area contributed by atoms with Crippen LogP contribution in [0.2, 0.25) is 0 Å². The average molecular weight is 409 g/mol. The van der Waals surface area contributed by atoms with E-state index >= 15 is 0 Å². The Morgan fingerprint density at radius 2 is 2.04 bits per heavy atom. The molecular formula is C18H17F2N3O2S2. The predicted molar refractivity (Wildman–Crippen MR) is 104 cm³/mol. The number of hydrogen-bond acceptors (Lipinski definition) is 5. The minimum atomic E-state index is -0.798.